The molecular formula is C29H29ClN4O7. The fourth-order valence-corrected chi connectivity index (χ4v) is 4.60. The van der Waals surface area contributed by atoms with E-state index >= 15 is 0 Å². The molecule has 1 aliphatic heterocycles. The van der Waals surface area contributed by atoms with E-state index in [1.165, 1.54) is 12.1 Å². The summed E-state index contributed by atoms with van der Waals surface area (Å²) >= 11 is 5.95. The molecule has 0 aliphatic carbocycles. The van der Waals surface area contributed by atoms with Crippen LogP contribution in [0.2, 0.25) is 5.02 Å². The van der Waals surface area contributed by atoms with Crippen LogP contribution in [-0.4, -0.2) is 58.2 Å². The number of hydrazine groups is 1. The largest absolute Gasteiger partial charge is 0.465 e. The SMILES string of the molecule is O=CNN(C(=O)[C@@H]1CC[C@@H](N(OCc2ccccc2)C(=O)OCc2ccccc2)CN1C(=O)O)c1ccc(Cl)cc1. The van der Waals surface area contributed by atoms with Crippen molar-refractivity contribution in [3.05, 3.63) is 101 Å². The lowest BCUT2D eigenvalue weighted by atomic mass is 9.97. The Morgan fingerprint density at radius 3 is 2.12 bits per heavy atom. The molecule has 41 heavy (non-hydrogen) atoms. The number of piperidine rings is 1. The molecule has 1 heterocycles. The number of amides is 4. The van der Waals surface area contributed by atoms with E-state index in [4.69, 9.17) is 21.2 Å². The number of hydroxylamine groups is 2. The zero-order valence-corrected chi connectivity index (χ0v) is 22.7. The molecule has 3 aromatic carbocycles. The lowest BCUT2D eigenvalue weighted by molar-refractivity contribution is -0.182. The van der Waals surface area contributed by atoms with Crippen molar-refractivity contribution in [2.75, 3.05) is 11.6 Å². The number of nitrogens with zero attached hydrogens (tertiary/aromatic N) is 3. The molecular weight excluding hydrogens is 552 g/mol. The normalized spacial score (nSPS) is 16.4. The molecule has 1 aliphatic rings. The minimum atomic E-state index is -1.36. The molecule has 0 saturated carbocycles. The number of ether oxygens (including phenoxy) is 1. The van der Waals surface area contributed by atoms with Crippen LogP contribution in [0.4, 0.5) is 15.3 Å². The maximum Gasteiger partial charge on any atom is 0.434 e. The lowest BCUT2D eigenvalue weighted by Crippen LogP contribution is -2.61. The maximum absolute atomic E-state index is 13.5. The van der Waals surface area contributed by atoms with E-state index < -0.39 is 30.2 Å². The zero-order chi connectivity index (χ0) is 29.2. The van der Waals surface area contributed by atoms with Gasteiger partial charge in [0.2, 0.25) is 6.41 Å². The third-order valence-electron chi connectivity index (χ3n) is 6.50. The number of benzene rings is 3. The highest BCUT2D eigenvalue weighted by Crippen LogP contribution is 2.26. The summed E-state index contributed by atoms with van der Waals surface area (Å²) in [5, 5.41) is 12.5. The number of anilines is 1. The van der Waals surface area contributed by atoms with Gasteiger partial charge in [0.15, 0.2) is 0 Å². The number of carbonyl (C=O) groups is 4. The molecule has 2 atom stereocenters. The molecule has 0 unspecified atom stereocenters. The number of carbonyl (C=O) groups excluding carboxylic acids is 3. The Hall–Kier alpha value is -4.61. The zero-order valence-electron chi connectivity index (χ0n) is 22.0. The Bertz CT molecular complexity index is 1330. The Morgan fingerprint density at radius 2 is 1.54 bits per heavy atom. The summed E-state index contributed by atoms with van der Waals surface area (Å²) in [5.41, 5.74) is 4.20. The summed E-state index contributed by atoms with van der Waals surface area (Å²) in [6.07, 6.45) is -1.54. The fraction of sp³-hybridized carbons (Fsp3) is 0.241. The predicted molar refractivity (Wildman–Crippen MR) is 149 cm³/mol. The van der Waals surface area contributed by atoms with Crippen LogP contribution in [-0.2, 0) is 32.4 Å². The van der Waals surface area contributed by atoms with Gasteiger partial charge in [-0.05, 0) is 48.2 Å². The predicted octanol–water partition coefficient (Wildman–Crippen LogP) is 4.62. The highest BCUT2D eigenvalue weighted by atomic mass is 35.5. The average Bonchev–Trinajstić information content (AvgIpc) is 3.00. The van der Waals surface area contributed by atoms with Crippen LogP contribution in [0, 0.1) is 0 Å². The number of rotatable bonds is 10. The smallest absolute Gasteiger partial charge is 0.434 e. The van der Waals surface area contributed by atoms with Gasteiger partial charge in [-0.3, -0.25) is 24.8 Å². The number of nitrogens with one attached hydrogen (secondary N) is 1. The van der Waals surface area contributed by atoms with Crippen molar-refractivity contribution in [1.29, 1.82) is 0 Å². The summed E-state index contributed by atoms with van der Waals surface area (Å²) in [5.74, 6) is -0.663. The first-order valence-corrected chi connectivity index (χ1v) is 13.2. The molecule has 3 aromatic rings. The number of hydrogen-bond donors (Lipinski definition) is 2. The molecule has 214 valence electrons. The van der Waals surface area contributed by atoms with E-state index in [-0.39, 0.29) is 32.6 Å². The lowest BCUT2D eigenvalue weighted by Gasteiger charge is -2.41. The maximum atomic E-state index is 13.5. The first kappa shape index (κ1) is 29.4. The number of halogens is 1. The highest BCUT2D eigenvalue weighted by molar-refractivity contribution is 6.30. The van der Waals surface area contributed by atoms with E-state index in [2.05, 4.69) is 5.43 Å². The first-order valence-electron chi connectivity index (χ1n) is 12.8. The van der Waals surface area contributed by atoms with Crippen LogP contribution in [0.1, 0.15) is 24.0 Å². The van der Waals surface area contributed by atoms with E-state index in [1.807, 2.05) is 60.7 Å². The number of likely N-dealkylation sites (tertiary alicyclic amines) is 1. The molecule has 0 radical (unpaired) electrons. The number of hydrogen-bond acceptors (Lipinski definition) is 6. The second kappa shape index (κ2) is 14.1. The summed E-state index contributed by atoms with van der Waals surface area (Å²) in [4.78, 5) is 57.2. The van der Waals surface area contributed by atoms with Gasteiger partial charge in [-0.1, -0.05) is 72.3 Å². The van der Waals surface area contributed by atoms with Crippen LogP contribution in [0.5, 0.6) is 0 Å². The van der Waals surface area contributed by atoms with Gasteiger partial charge in [0.1, 0.15) is 19.3 Å². The standard InChI is InChI=1S/C29H29ClN4O7/c30-23-11-13-24(14-12-23)33(31-20-35)27(36)26-16-15-25(17-32(26)28(37)38)34(41-19-22-9-5-2-6-10-22)29(39)40-18-21-7-3-1-4-8-21/h1-14,20,25-26H,15-19H2,(H,31,35)(H,37,38)/t25-,26+/m1/s1. The van der Waals surface area contributed by atoms with Crippen LogP contribution in [0.3, 0.4) is 0 Å². The Labute approximate surface area is 241 Å². The molecule has 4 amide bonds. The average molecular weight is 581 g/mol. The van der Waals surface area contributed by atoms with Gasteiger partial charge < -0.3 is 9.84 Å². The van der Waals surface area contributed by atoms with E-state index in [0.29, 0.717) is 17.1 Å². The quantitative estimate of drug-likeness (QED) is 0.264. The Kier molecular flexibility index (Phi) is 10.1. The minimum absolute atomic E-state index is 0.00520. The van der Waals surface area contributed by atoms with E-state index in [9.17, 15) is 24.3 Å². The summed E-state index contributed by atoms with van der Waals surface area (Å²) in [6, 6.07) is 22.5. The Morgan fingerprint density at radius 1 is 0.927 bits per heavy atom. The van der Waals surface area contributed by atoms with Crippen molar-refractivity contribution in [2.24, 2.45) is 0 Å². The van der Waals surface area contributed by atoms with E-state index in [0.717, 1.165) is 26.1 Å². The van der Waals surface area contributed by atoms with Gasteiger partial charge in [-0.25, -0.2) is 14.6 Å². The summed E-state index contributed by atoms with van der Waals surface area (Å²) in [7, 11) is 0. The van der Waals surface area contributed by atoms with Gasteiger partial charge in [-0.15, -0.1) is 0 Å². The van der Waals surface area contributed by atoms with Gasteiger partial charge in [0, 0.05) is 11.6 Å². The minimum Gasteiger partial charge on any atom is -0.465 e. The molecule has 1 fully saturated rings. The molecule has 0 bridgehead atoms. The second-order valence-electron chi connectivity index (χ2n) is 9.20. The van der Waals surface area contributed by atoms with Crippen molar-refractivity contribution in [1.82, 2.24) is 15.4 Å². The van der Waals surface area contributed by atoms with Gasteiger partial charge in [0.25, 0.3) is 5.91 Å². The van der Waals surface area contributed by atoms with Crippen molar-refractivity contribution in [3.63, 3.8) is 0 Å². The van der Waals surface area contributed by atoms with Gasteiger partial charge >= 0.3 is 12.2 Å². The van der Waals surface area contributed by atoms with Crippen molar-refractivity contribution >= 4 is 41.8 Å². The monoisotopic (exact) mass is 580 g/mol. The van der Waals surface area contributed by atoms with Gasteiger partial charge in [-0.2, -0.15) is 5.06 Å². The van der Waals surface area contributed by atoms with Crippen molar-refractivity contribution < 1.29 is 33.9 Å². The van der Waals surface area contributed by atoms with Crippen LogP contribution < -0.4 is 10.4 Å². The first-order chi connectivity index (χ1) is 19.9. The van der Waals surface area contributed by atoms with Gasteiger partial charge in [0.05, 0.1) is 11.7 Å². The molecule has 2 N–H and O–H groups in total. The number of carboxylic acid groups (broad SMARTS) is 1. The molecule has 1 saturated heterocycles. The van der Waals surface area contributed by atoms with Crippen LogP contribution in [0.25, 0.3) is 0 Å². The fourth-order valence-electron chi connectivity index (χ4n) is 4.48. The molecule has 4 rings (SSSR count). The third-order valence-corrected chi connectivity index (χ3v) is 6.76. The van der Waals surface area contributed by atoms with E-state index in [1.54, 1.807) is 12.1 Å². The molecule has 0 aromatic heterocycles. The molecule has 0 spiro atoms. The topological polar surface area (TPSA) is 129 Å². The van der Waals surface area contributed by atoms with Crippen LogP contribution >= 0.6 is 11.6 Å². The van der Waals surface area contributed by atoms with Crippen LogP contribution in [0.15, 0.2) is 84.9 Å². The third kappa shape index (κ3) is 7.74. The second-order valence-corrected chi connectivity index (χ2v) is 9.64. The van der Waals surface area contributed by atoms with Crippen molar-refractivity contribution in [3.8, 4) is 0 Å². The molecule has 12 heteroatoms. The summed E-state index contributed by atoms with van der Waals surface area (Å²) < 4.78 is 5.50. The van der Waals surface area contributed by atoms with Crippen molar-refractivity contribution in [2.45, 2.75) is 38.1 Å². The highest BCUT2D eigenvalue weighted by Gasteiger charge is 2.42. The molecule has 11 nitrogen and oxygen atoms in total. The Balaban J connectivity index is 1.52. The summed E-state index contributed by atoms with van der Waals surface area (Å²) in [6.45, 7) is -0.188.